The SMILES string of the molecule is O=C1C(=O)N(CC(=O)C2CCOC2)c2cc(F)ccc21. The molecular weight excluding hydrogens is 265 g/mol. The topological polar surface area (TPSA) is 63.7 Å². The van der Waals surface area contributed by atoms with Gasteiger partial charge in [-0.15, -0.1) is 0 Å². The molecule has 1 unspecified atom stereocenters. The average molecular weight is 277 g/mol. The van der Waals surface area contributed by atoms with Crippen LogP contribution < -0.4 is 4.90 Å². The smallest absolute Gasteiger partial charge is 0.299 e. The maximum absolute atomic E-state index is 13.3. The summed E-state index contributed by atoms with van der Waals surface area (Å²) in [6.07, 6.45) is 0.616. The van der Waals surface area contributed by atoms with E-state index in [4.69, 9.17) is 4.74 Å². The van der Waals surface area contributed by atoms with E-state index in [-0.39, 0.29) is 29.5 Å². The predicted octanol–water partition coefficient (Wildman–Crippen LogP) is 0.961. The zero-order valence-electron chi connectivity index (χ0n) is 10.6. The maximum atomic E-state index is 13.3. The first-order valence-corrected chi connectivity index (χ1v) is 6.34. The fourth-order valence-corrected chi connectivity index (χ4v) is 2.50. The molecule has 1 atom stereocenters. The third-order valence-electron chi connectivity index (χ3n) is 3.63. The number of Topliss-reactive ketones (excluding diaryl/α,β-unsaturated/α-hetero) is 2. The molecule has 0 aliphatic carbocycles. The first-order chi connectivity index (χ1) is 9.58. The Bertz CT molecular complexity index is 607. The number of hydrogen-bond acceptors (Lipinski definition) is 4. The van der Waals surface area contributed by atoms with Crippen LogP contribution in [0.5, 0.6) is 0 Å². The van der Waals surface area contributed by atoms with Crippen LogP contribution in [0.4, 0.5) is 10.1 Å². The number of halogens is 1. The molecule has 0 saturated carbocycles. The molecule has 6 heteroatoms. The number of fused-ring (bicyclic) bond motifs is 1. The first kappa shape index (κ1) is 12.9. The summed E-state index contributed by atoms with van der Waals surface area (Å²) < 4.78 is 18.4. The molecule has 3 rings (SSSR count). The van der Waals surface area contributed by atoms with E-state index < -0.39 is 17.5 Å². The van der Waals surface area contributed by atoms with Gasteiger partial charge in [0.1, 0.15) is 5.82 Å². The zero-order chi connectivity index (χ0) is 14.3. The number of carbonyl (C=O) groups excluding carboxylic acids is 3. The van der Waals surface area contributed by atoms with Gasteiger partial charge in [0, 0.05) is 12.5 Å². The molecule has 0 N–H and O–H groups in total. The van der Waals surface area contributed by atoms with E-state index in [0.29, 0.717) is 19.6 Å². The second-order valence-corrected chi connectivity index (χ2v) is 4.91. The zero-order valence-corrected chi connectivity index (χ0v) is 10.6. The van der Waals surface area contributed by atoms with Crippen molar-refractivity contribution in [2.45, 2.75) is 6.42 Å². The van der Waals surface area contributed by atoms with Gasteiger partial charge in [-0.1, -0.05) is 0 Å². The van der Waals surface area contributed by atoms with Gasteiger partial charge in [0.2, 0.25) is 0 Å². The largest absolute Gasteiger partial charge is 0.381 e. The Morgan fingerprint density at radius 3 is 2.90 bits per heavy atom. The number of amides is 1. The molecule has 5 nitrogen and oxygen atoms in total. The number of anilines is 1. The number of benzene rings is 1. The van der Waals surface area contributed by atoms with E-state index in [1.165, 1.54) is 6.07 Å². The van der Waals surface area contributed by atoms with Crippen molar-refractivity contribution < 1.29 is 23.5 Å². The quantitative estimate of drug-likeness (QED) is 0.772. The van der Waals surface area contributed by atoms with Crippen LogP contribution in [0.15, 0.2) is 18.2 Å². The lowest BCUT2D eigenvalue weighted by Crippen LogP contribution is -2.37. The highest BCUT2D eigenvalue weighted by Gasteiger charge is 2.38. The van der Waals surface area contributed by atoms with Gasteiger partial charge in [-0.25, -0.2) is 4.39 Å². The number of nitrogens with zero attached hydrogens (tertiary/aromatic N) is 1. The highest BCUT2D eigenvalue weighted by atomic mass is 19.1. The lowest BCUT2D eigenvalue weighted by Gasteiger charge is -2.17. The van der Waals surface area contributed by atoms with Crippen LogP contribution in [0.2, 0.25) is 0 Å². The van der Waals surface area contributed by atoms with Crippen LogP contribution >= 0.6 is 0 Å². The van der Waals surface area contributed by atoms with E-state index in [0.717, 1.165) is 17.0 Å². The van der Waals surface area contributed by atoms with Crippen LogP contribution in [0.1, 0.15) is 16.8 Å². The van der Waals surface area contributed by atoms with Gasteiger partial charge in [-0.2, -0.15) is 0 Å². The molecule has 1 fully saturated rings. The Balaban J connectivity index is 1.87. The normalized spacial score (nSPS) is 21.4. The van der Waals surface area contributed by atoms with Crippen molar-refractivity contribution in [3.63, 3.8) is 0 Å². The minimum Gasteiger partial charge on any atom is -0.381 e. The molecule has 20 heavy (non-hydrogen) atoms. The molecule has 1 saturated heterocycles. The van der Waals surface area contributed by atoms with Crippen molar-refractivity contribution in [3.8, 4) is 0 Å². The van der Waals surface area contributed by atoms with Gasteiger partial charge >= 0.3 is 0 Å². The average Bonchev–Trinajstić information content (AvgIpc) is 3.03. The summed E-state index contributed by atoms with van der Waals surface area (Å²) in [5, 5.41) is 0. The molecule has 1 aromatic rings. The lowest BCUT2D eigenvalue weighted by atomic mass is 10.0. The van der Waals surface area contributed by atoms with Crippen LogP contribution in [-0.4, -0.2) is 37.2 Å². The standard InChI is InChI=1S/C14H12FNO4/c15-9-1-2-10-11(5-9)16(14(19)13(10)18)6-12(17)8-3-4-20-7-8/h1-2,5,8H,3-4,6-7H2. The fraction of sp³-hybridized carbons (Fsp3) is 0.357. The van der Waals surface area contributed by atoms with Crippen LogP contribution in [0.25, 0.3) is 0 Å². The Kier molecular flexibility index (Phi) is 3.10. The molecule has 2 aliphatic rings. The van der Waals surface area contributed by atoms with Crippen molar-refractivity contribution >= 4 is 23.2 Å². The van der Waals surface area contributed by atoms with Crippen molar-refractivity contribution in [3.05, 3.63) is 29.6 Å². The van der Waals surface area contributed by atoms with Crippen molar-refractivity contribution in [2.24, 2.45) is 5.92 Å². The summed E-state index contributed by atoms with van der Waals surface area (Å²) in [5.74, 6) is -2.45. The van der Waals surface area contributed by atoms with Crippen LogP contribution in [0.3, 0.4) is 0 Å². The van der Waals surface area contributed by atoms with Crippen LogP contribution in [-0.2, 0) is 14.3 Å². The summed E-state index contributed by atoms with van der Waals surface area (Å²) in [7, 11) is 0. The van der Waals surface area contributed by atoms with Gasteiger partial charge in [0.05, 0.1) is 24.4 Å². The van der Waals surface area contributed by atoms with Gasteiger partial charge in [-0.05, 0) is 24.6 Å². The van der Waals surface area contributed by atoms with Gasteiger partial charge < -0.3 is 4.74 Å². The third kappa shape index (κ3) is 2.02. The summed E-state index contributed by atoms with van der Waals surface area (Å²) >= 11 is 0. The second-order valence-electron chi connectivity index (χ2n) is 4.91. The highest BCUT2D eigenvalue weighted by Crippen LogP contribution is 2.30. The molecule has 0 spiro atoms. The van der Waals surface area contributed by atoms with E-state index in [9.17, 15) is 18.8 Å². The number of ketones is 2. The van der Waals surface area contributed by atoms with E-state index in [1.807, 2.05) is 0 Å². The molecule has 0 aromatic heterocycles. The number of carbonyl (C=O) groups is 3. The molecule has 2 aliphatic heterocycles. The molecule has 1 amide bonds. The van der Waals surface area contributed by atoms with Gasteiger partial charge in [-0.3, -0.25) is 19.3 Å². The molecule has 2 heterocycles. The molecule has 104 valence electrons. The fourth-order valence-electron chi connectivity index (χ4n) is 2.50. The van der Waals surface area contributed by atoms with Gasteiger partial charge in [0.15, 0.2) is 5.78 Å². The Morgan fingerprint density at radius 2 is 2.20 bits per heavy atom. The second kappa shape index (κ2) is 4.79. The van der Waals surface area contributed by atoms with E-state index in [2.05, 4.69) is 0 Å². The third-order valence-corrected chi connectivity index (χ3v) is 3.63. The first-order valence-electron chi connectivity index (χ1n) is 6.34. The molecule has 1 aromatic carbocycles. The number of ether oxygens (including phenoxy) is 1. The summed E-state index contributed by atoms with van der Waals surface area (Å²) in [4.78, 5) is 36.8. The van der Waals surface area contributed by atoms with Crippen molar-refractivity contribution in [1.29, 1.82) is 0 Å². The summed E-state index contributed by atoms with van der Waals surface area (Å²) in [6, 6.07) is 3.50. The number of hydrogen-bond donors (Lipinski definition) is 0. The molecular formula is C14H12FNO4. The molecule has 0 radical (unpaired) electrons. The van der Waals surface area contributed by atoms with Gasteiger partial charge in [0.25, 0.3) is 11.7 Å². The highest BCUT2D eigenvalue weighted by molar-refractivity contribution is 6.52. The van der Waals surface area contributed by atoms with E-state index >= 15 is 0 Å². The minimum absolute atomic E-state index is 0.145. The minimum atomic E-state index is -0.780. The Labute approximate surface area is 114 Å². The molecule has 0 bridgehead atoms. The van der Waals surface area contributed by atoms with Crippen LogP contribution in [0, 0.1) is 11.7 Å². The van der Waals surface area contributed by atoms with Crippen molar-refractivity contribution in [2.75, 3.05) is 24.7 Å². The Morgan fingerprint density at radius 1 is 1.40 bits per heavy atom. The Hall–Kier alpha value is -2.08. The van der Waals surface area contributed by atoms with Crippen molar-refractivity contribution in [1.82, 2.24) is 0 Å². The monoisotopic (exact) mass is 277 g/mol. The maximum Gasteiger partial charge on any atom is 0.299 e. The summed E-state index contributed by atoms with van der Waals surface area (Å²) in [5.41, 5.74) is 0.319. The predicted molar refractivity (Wildman–Crippen MR) is 67.0 cm³/mol. The van der Waals surface area contributed by atoms with E-state index in [1.54, 1.807) is 0 Å². The lowest BCUT2D eigenvalue weighted by molar-refractivity contribution is -0.123. The summed E-state index contributed by atoms with van der Waals surface area (Å²) in [6.45, 7) is 0.647. The number of rotatable bonds is 3.